The molecule has 0 fully saturated rings. The minimum absolute atomic E-state index is 0.0440. The van der Waals surface area contributed by atoms with E-state index in [9.17, 15) is 13.2 Å². The molecule has 0 aliphatic carbocycles. The van der Waals surface area contributed by atoms with Gasteiger partial charge in [0, 0.05) is 25.8 Å². The van der Waals surface area contributed by atoms with Gasteiger partial charge in [0.2, 0.25) is 15.9 Å². The topological polar surface area (TPSA) is 93.5 Å². The standard InChI is InChI=1S/C25H26N4O3S/c1-28(18-21-8-4-2-5-9-21)33(31,32)24-14-12-23(13-15-24)27-25(30)20-29(17-16-26)19-22-10-6-3-7-11-22/h2-15H,17-20H2,1H3,(H,27,30). The fourth-order valence-corrected chi connectivity index (χ4v) is 4.49. The third-order valence-electron chi connectivity index (χ3n) is 5.00. The van der Waals surface area contributed by atoms with Crippen molar-refractivity contribution in [3.63, 3.8) is 0 Å². The van der Waals surface area contributed by atoms with Gasteiger partial charge in [-0.05, 0) is 35.4 Å². The number of carbonyl (C=O) groups is 1. The maximum Gasteiger partial charge on any atom is 0.243 e. The molecule has 7 nitrogen and oxygen atoms in total. The van der Waals surface area contributed by atoms with Crippen LogP contribution in [0.4, 0.5) is 5.69 Å². The number of carbonyl (C=O) groups excluding carboxylic acids is 1. The quantitative estimate of drug-likeness (QED) is 0.466. The summed E-state index contributed by atoms with van der Waals surface area (Å²) in [5, 5.41) is 11.8. The van der Waals surface area contributed by atoms with Crippen molar-refractivity contribution in [3.05, 3.63) is 96.1 Å². The van der Waals surface area contributed by atoms with Crippen molar-refractivity contribution in [1.29, 1.82) is 5.26 Å². The Hall–Kier alpha value is -3.51. The highest BCUT2D eigenvalue weighted by Crippen LogP contribution is 2.19. The average molecular weight is 463 g/mol. The number of hydrogen-bond donors (Lipinski definition) is 1. The molecule has 0 radical (unpaired) electrons. The molecular weight excluding hydrogens is 436 g/mol. The third-order valence-corrected chi connectivity index (χ3v) is 6.82. The van der Waals surface area contributed by atoms with Gasteiger partial charge in [0.25, 0.3) is 0 Å². The Kier molecular flexibility index (Phi) is 8.33. The molecule has 0 atom stereocenters. The summed E-state index contributed by atoms with van der Waals surface area (Å²) < 4.78 is 27.0. The molecule has 0 aliphatic rings. The smallest absolute Gasteiger partial charge is 0.243 e. The van der Waals surface area contributed by atoms with Crippen molar-refractivity contribution in [3.8, 4) is 6.07 Å². The highest BCUT2D eigenvalue weighted by molar-refractivity contribution is 7.89. The number of anilines is 1. The Morgan fingerprint density at radius 2 is 1.42 bits per heavy atom. The van der Waals surface area contributed by atoms with Gasteiger partial charge in [0.1, 0.15) is 0 Å². The number of sulfonamides is 1. The van der Waals surface area contributed by atoms with Crippen LogP contribution in [0.2, 0.25) is 0 Å². The van der Waals surface area contributed by atoms with Crippen molar-refractivity contribution in [2.24, 2.45) is 0 Å². The zero-order valence-electron chi connectivity index (χ0n) is 18.4. The Balaban J connectivity index is 1.60. The number of nitrogens with zero attached hydrogens (tertiary/aromatic N) is 3. The van der Waals surface area contributed by atoms with Crippen molar-refractivity contribution < 1.29 is 13.2 Å². The van der Waals surface area contributed by atoms with Crippen LogP contribution in [0.1, 0.15) is 11.1 Å². The molecule has 0 spiro atoms. The molecular formula is C25H26N4O3S. The van der Waals surface area contributed by atoms with E-state index in [0.29, 0.717) is 12.2 Å². The van der Waals surface area contributed by atoms with Crippen LogP contribution in [0.15, 0.2) is 89.8 Å². The van der Waals surface area contributed by atoms with E-state index in [0.717, 1.165) is 11.1 Å². The molecule has 1 amide bonds. The fraction of sp³-hybridized carbons (Fsp3) is 0.200. The molecule has 170 valence electrons. The van der Waals surface area contributed by atoms with E-state index in [-0.39, 0.29) is 30.4 Å². The molecule has 3 aromatic rings. The van der Waals surface area contributed by atoms with Crippen molar-refractivity contribution in [2.45, 2.75) is 18.0 Å². The van der Waals surface area contributed by atoms with Crippen LogP contribution < -0.4 is 5.32 Å². The predicted octanol–water partition coefficient (Wildman–Crippen LogP) is 3.47. The SMILES string of the molecule is CN(Cc1ccccc1)S(=O)(=O)c1ccc(NC(=O)CN(CC#N)Cc2ccccc2)cc1. The minimum atomic E-state index is -3.67. The van der Waals surface area contributed by atoms with E-state index in [1.165, 1.54) is 23.5 Å². The minimum Gasteiger partial charge on any atom is -0.325 e. The number of nitriles is 1. The summed E-state index contributed by atoms with van der Waals surface area (Å²) in [5.74, 6) is -0.280. The van der Waals surface area contributed by atoms with Crippen molar-refractivity contribution in [2.75, 3.05) is 25.5 Å². The molecule has 0 aliphatic heterocycles. The van der Waals surface area contributed by atoms with Crippen LogP contribution in [0.25, 0.3) is 0 Å². The molecule has 33 heavy (non-hydrogen) atoms. The lowest BCUT2D eigenvalue weighted by Gasteiger charge is -2.19. The van der Waals surface area contributed by atoms with Gasteiger partial charge in [0.05, 0.1) is 24.1 Å². The van der Waals surface area contributed by atoms with E-state index in [1.54, 1.807) is 17.0 Å². The number of nitrogens with one attached hydrogen (secondary N) is 1. The maximum absolute atomic E-state index is 12.9. The van der Waals surface area contributed by atoms with Crippen LogP contribution in [0, 0.1) is 11.3 Å². The first kappa shape index (κ1) is 24.1. The molecule has 0 unspecified atom stereocenters. The van der Waals surface area contributed by atoms with E-state index in [2.05, 4.69) is 11.4 Å². The molecule has 1 N–H and O–H groups in total. The molecule has 3 aromatic carbocycles. The van der Waals surface area contributed by atoms with Crippen LogP contribution in [-0.4, -0.2) is 43.7 Å². The van der Waals surface area contributed by atoms with Crippen LogP contribution in [0.5, 0.6) is 0 Å². The summed E-state index contributed by atoms with van der Waals surface area (Å²) in [4.78, 5) is 14.4. The number of amides is 1. The second-order valence-electron chi connectivity index (χ2n) is 7.61. The van der Waals surface area contributed by atoms with Crippen LogP contribution in [-0.2, 0) is 27.9 Å². The molecule has 3 rings (SSSR count). The largest absolute Gasteiger partial charge is 0.325 e. The van der Waals surface area contributed by atoms with Gasteiger partial charge < -0.3 is 5.32 Å². The first-order valence-electron chi connectivity index (χ1n) is 10.4. The molecule has 0 aromatic heterocycles. The zero-order chi connectivity index (χ0) is 23.7. The molecule has 0 saturated carbocycles. The summed E-state index contributed by atoms with van der Waals surface area (Å²) in [6, 6.07) is 27.1. The fourth-order valence-electron chi connectivity index (χ4n) is 3.33. The van der Waals surface area contributed by atoms with Gasteiger partial charge in [0.15, 0.2) is 0 Å². The number of rotatable bonds is 10. The van der Waals surface area contributed by atoms with Gasteiger partial charge in [-0.25, -0.2) is 8.42 Å². The lowest BCUT2D eigenvalue weighted by molar-refractivity contribution is -0.117. The molecule has 0 bridgehead atoms. The van der Waals surface area contributed by atoms with Crippen LogP contribution >= 0.6 is 0 Å². The summed E-state index contributed by atoms with van der Waals surface area (Å²) >= 11 is 0. The third kappa shape index (κ3) is 6.99. The summed E-state index contributed by atoms with van der Waals surface area (Å²) in [7, 11) is -2.13. The van der Waals surface area contributed by atoms with Gasteiger partial charge in [-0.2, -0.15) is 9.57 Å². The predicted molar refractivity (Wildman–Crippen MR) is 127 cm³/mol. The van der Waals surface area contributed by atoms with E-state index >= 15 is 0 Å². The lowest BCUT2D eigenvalue weighted by atomic mass is 10.2. The van der Waals surface area contributed by atoms with E-state index < -0.39 is 10.0 Å². The maximum atomic E-state index is 12.9. The van der Waals surface area contributed by atoms with Gasteiger partial charge in [-0.3, -0.25) is 9.69 Å². The highest BCUT2D eigenvalue weighted by atomic mass is 32.2. The highest BCUT2D eigenvalue weighted by Gasteiger charge is 2.21. The molecule has 8 heteroatoms. The normalized spacial score (nSPS) is 11.3. The lowest BCUT2D eigenvalue weighted by Crippen LogP contribution is -2.33. The number of benzene rings is 3. The first-order valence-corrected chi connectivity index (χ1v) is 11.9. The second-order valence-corrected chi connectivity index (χ2v) is 9.65. The Bertz CT molecular complexity index is 1190. The van der Waals surface area contributed by atoms with Crippen LogP contribution in [0.3, 0.4) is 0 Å². The van der Waals surface area contributed by atoms with Gasteiger partial charge in [-0.1, -0.05) is 60.7 Å². The average Bonchev–Trinajstić information content (AvgIpc) is 2.81. The summed E-state index contributed by atoms with van der Waals surface area (Å²) in [6.45, 7) is 0.903. The summed E-state index contributed by atoms with van der Waals surface area (Å²) in [6.07, 6.45) is 0. The van der Waals surface area contributed by atoms with Crippen molar-refractivity contribution in [1.82, 2.24) is 9.21 Å². The van der Waals surface area contributed by atoms with Crippen molar-refractivity contribution >= 4 is 21.6 Å². The van der Waals surface area contributed by atoms with Gasteiger partial charge in [-0.15, -0.1) is 0 Å². The Morgan fingerprint density at radius 3 is 1.97 bits per heavy atom. The summed E-state index contributed by atoms with van der Waals surface area (Å²) in [5.41, 5.74) is 2.39. The molecule has 0 heterocycles. The van der Waals surface area contributed by atoms with E-state index in [4.69, 9.17) is 5.26 Å². The zero-order valence-corrected chi connectivity index (χ0v) is 19.2. The van der Waals surface area contributed by atoms with Gasteiger partial charge >= 0.3 is 0 Å². The van der Waals surface area contributed by atoms with E-state index in [1.807, 2.05) is 60.7 Å². The Morgan fingerprint density at radius 1 is 0.879 bits per heavy atom. The Labute approximate surface area is 194 Å². The first-order chi connectivity index (χ1) is 15.9. The monoisotopic (exact) mass is 462 g/mol. The number of hydrogen-bond acceptors (Lipinski definition) is 5. The molecule has 0 saturated heterocycles. The second kappa shape index (κ2) is 11.4.